The first-order valence-electron chi connectivity index (χ1n) is 10.4. The number of hydrogen-bond donors (Lipinski definition) is 1. The van der Waals surface area contributed by atoms with E-state index in [0.717, 1.165) is 19.7 Å². The first kappa shape index (κ1) is 19.4. The number of nitrogens with one attached hydrogen (secondary N) is 1. The second kappa shape index (κ2) is 7.92. The fourth-order valence-electron chi connectivity index (χ4n) is 3.91. The summed E-state index contributed by atoms with van der Waals surface area (Å²) in [6.07, 6.45) is 2.47. The molecule has 158 valence electrons. The Labute approximate surface area is 173 Å². The van der Waals surface area contributed by atoms with Crippen LogP contribution in [-0.4, -0.2) is 45.9 Å². The van der Waals surface area contributed by atoms with Gasteiger partial charge in [-0.1, -0.05) is 13.0 Å². The van der Waals surface area contributed by atoms with Gasteiger partial charge in [-0.2, -0.15) is 4.98 Å². The van der Waals surface area contributed by atoms with Crippen LogP contribution < -0.4 is 5.32 Å². The van der Waals surface area contributed by atoms with E-state index in [-0.39, 0.29) is 5.56 Å². The molecule has 1 saturated carbocycles. The molecular formula is C22H25F2N5O. The Morgan fingerprint density at radius 2 is 1.93 bits per heavy atom. The molecule has 0 unspecified atom stereocenters. The van der Waals surface area contributed by atoms with E-state index in [1.807, 2.05) is 4.90 Å². The smallest absolute Gasteiger partial charge is 0.244 e. The van der Waals surface area contributed by atoms with Crippen LogP contribution in [0.1, 0.15) is 25.3 Å². The van der Waals surface area contributed by atoms with Crippen LogP contribution in [0.25, 0.3) is 16.9 Å². The Balaban J connectivity index is 1.36. The molecule has 0 radical (unpaired) electrons. The van der Waals surface area contributed by atoms with Crippen molar-refractivity contribution < 1.29 is 13.5 Å². The number of anilines is 1. The fourth-order valence-corrected chi connectivity index (χ4v) is 3.91. The molecule has 0 bridgehead atoms. The summed E-state index contributed by atoms with van der Waals surface area (Å²) in [5, 5.41) is 7.49. The van der Waals surface area contributed by atoms with Gasteiger partial charge in [-0.3, -0.25) is 4.90 Å². The topological polar surface area (TPSA) is 54.7 Å². The molecule has 0 atom stereocenters. The van der Waals surface area contributed by atoms with Gasteiger partial charge in [0, 0.05) is 30.8 Å². The molecule has 1 aromatic carbocycles. The number of aromatic nitrogens is 3. The highest BCUT2D eigenvalue weighted by atomic mass is 19.1. The van der Waals surface area contributed by atoms with Crippen LogP contribution in [0.15, 0.2) is 30.3 Å². The molecule has 2 fully saturated rings. The van der Waals surface area contributed by atoms with Gasteiger partial charge in [0.1, 0.15) is 18.4 Å². The zero-order valence-electron chi connectivity index (χ0n) is 16.9. The van der Waals surface area contributed by atoms with Crippen molar-refractivity contribution in [1.82, 2.24) is 19.5 Å². The lowest BCUT2D eigenvalue weighted by Gasteiger charge is -2.37. The van der Waals surface area contributed by atoms with Crippen molar-refractivity contribution in [3.63, 3.8) is 0 Å². The summed E-state index contributed by atoms with van der Waals surface area (Å²) in [6.45, 7) is 5.25. The van der Waals surface area contributed by atoms with Crippen LogP contribution in [0.5, 0.6) is 0 Å². The number of ether oxygens (including phenoxy) is 1. The number of benzene rings is 1. The molecule has 30 heavy (non-hydrogen) atoms. The van der Waals surface area contributed by atoms with E-state index in [0.29, 0.717) is 48.0 Å². The van der Waals surface area contributed by atoms with Crippen molar-refractivity contribution in [3.8, 4) is 11.3 Å². The van der Waals surface area contributed by atoms with Gasteiger partial charge in [0.2, 0.25) is 5.95 Å². The number of likely N-dealkylation sites (tertiary alicyclic amines) is 1. The maximum Gasteiger partial charge on any atom is 0.244 e. The van der Waals surface area contributed by atoms with Crippen LogP contribution in [-0.2, 0) is 11.3 Å². The third kappa shape index (κ3) is 4.02. The molecule has 1 aliphatic heterocycles. The molecule has 0 amide bonds. The van der Waals surface area contributed by atoms with Crippen LogP contribution >= 0.6 is 0 Å². The van der Waals surface area contributed by atoms with Gasteiger partial charge in [0.05, 0.1) is 12.3 Å². The van der Waals surface area contributed by atoms with E-state index < -0.39 is 11.6 Å². The average molecular weight is 413 g/mol. The van der Waals surface area contributed by atoms with E-state index in [2.05, 4.69) is 22.3 Å². The summed E-state index contributed by atoms with van der Waals surface area (Å²) < 4.78 is 36.7. The number of halogens is 2. The molecule has 6 nitrogen and oxygen atoms in total. The van der Waals surface area contributed by atoms with E-state index >= 15 is 0 Å². The van der Waals surface area contributed by atoms with E-state index in [9.17, 15) is 8.78 Å². The van der Waals surface area contributed by atoms with Gasteiger partial charge in [0.25, 0.3) is 0 Å². The first-order chi connectivity index (χ1) is 14.6. The number of pyridine rings is 1. The van der Waals surface area contributed by atoms with Crippen LogP contribution in [0.2, 0.25) is 0 Å². The Morgan fingerprint density at radius 3 is 2.63 bits per heavy atom. The Bertz CT molecular complexity index is 1040. The summed E-state index contributed by atoms with van der Waals surface area (Å²) in [4.78, 5) is 6.47. The monoisotopic (exact) mass is 413 g/mol. The second-order valence-electron chi connectivity index (χ2n) is 8.47. The third-order valence-electron chi connectivity index (χ3n) is 5.70. The molecule has 8 heteroatoms. The largest absolute Gasteiger partial charge is 0.361 e. The maximum atomic E-state index is 14.8. The van der Waals surface area contributed by atoms with Gasteiger partial charge < -0.3 is 10.1 Å². The highest BCUT2D eigenvalue weighted by Gasteiger charge is 2.25. The summed E-state index contributed by atoms with van der Waals surface area (Å²) in [7, 11) is 0. The minimum Gasteiger partial charge on any atom is -0.361 e. The lowest BCUT2D eigenvalue weighted by molar-refractivity contribution is 0.102. The van der Waals surface area contributed by atoms with Gasteiger partial charge in [-0.05, 0) is 48.9 Å². The highest BCUT2D eigenvalue weighted by Crippen LogP contribution is 2.29. The zero-order chi connectivity index (χ0) is 20.7. The van der Waals surface area contributed by atoms with Crippen LogP contribution in [0.4, 0.5) is 14.7 Å². The van der Waals surface area contributed by atoms with Gasteiger partial charge in [0.15, 0.2) is 5.65 Å². The molecule has 0 spiro atoms. The minimum atomic E-state index is -0.534. The minimum absolute atomic E-state index is 0.117. The lowest BCUT2D eigenvalue weighted by Crippen LogP contribution is -2.44. The molecule has 3 aromatic rings. The normalized spacial score (nSPS) is 17.4. The molecule has 1 N–H and O–H groups in total. The molecule has 1 aliphatic carbocycles. The number of rotatable bonds is 8. The van der Waals surface area contributed by atoms with Crippen LogP contribution in [0, 0.1) is 23.5 Å². The first-order valence-corrected chi connectivity index (χ1v) is 10.4. The average Bonchev–Trinajstić information content (AvgIpc) is 3.42. The van der Waals surface area contributed by atoms with Crippen LogP contribution in [0.3, 0.4) is 0 Å². The maximum absolute atomic E-state index is 14.8. The SMILES string of the molecule is CC1CN(Cc2c(F)cc(-c3cccc4nc(NCOCC5CC5)nn34)cc2F)C1. The van der Waals surface area contributed by atoms with Gasteiger partial charge in [-0.25, -0.2) is 13.3 Å². The highest BCUT2D eigenvalue weighted by molar-refractivity contribution is 5.64. The standard InChI is InChI=1S/C22H25F2N5O/c1-14-9-28(10-14)11-17-18(23)7-16(8-19(17)24)20-3-2-4-21-26-22(27-29(20)21)25-13-30-12-15-5-6-15/h2-4,7-8,14-15H,5-6,9-13H2,1H3,(H,25,27). The van der Waals surface area contributed by atoms with Crippen molar-refractivity contribution in [2.75, 3.05) is 31.7 Å². The van der Waals surface area contributed by atoms with Crippen molar-refractivity contribution >= 4 is 11.6 Å². The quantitative estimate of drug-likeness (QED) is 0.448. The fraction of sp³-hybridized carbons (Fsp3) is 0.455. The summed E-state index contributed by atoms with van der Waals surface area (Å²) in [5.74, 6) is 0.622. The summed E-state index contributed by atoms with van der Waals surface area (Å²) >= 11 is 0. The lowest BCUT2D eigenvalue weighted by atomic mass is 10.0. The van der Waals surface area contributed by atoms with Gasteiger partial charge in [-0.15, -0.1) is 5.10 Å². The van der Waals surface area contributed by atoms with E-state index in [4.69, 9.17) is 4.74 Å². The Hall–Kier alpha value is -2.58. The Morgan fingerprint density at radius 1 is 1.17 bits per heavy atom. The summed E-state index contributed by atoms with van der Waals surface area (Å²) in [5.41, 5.74) is 1.72. The van der Waals surface area contributed by atoms with Crippen molar-refractivity contribution in [2.24, 2.45) is 11.8 Å². The van der Waals surface area contributed by atoms with E-state index in [1.165, 1.54) is 25.0 Å². The number of fused-ring (bicyclic) bond motifs is 1. The second-order valence-corrected chi connectivity index (χ2v) is 8.47. The Kier molecular flexibility index (Phi) is 5.12. The summed E-state index contributed by atoms with van der Waals surface area (Å²) in [6, 6.07) is 8.14. The number of hydrogen-bond acceptors (Lipinski definition) is 5. The van der Waals surface area contributed by atoms with Gasteiger partial charge >= 0.3 is 0 Å². The third-order valence-corrected chi connectivity index (χ3v) is 5.70. The molecule has 5 rings (SSSR count). The van der Waals surface area contributed by atoms with E-state index in [1.54, 1.807) is 22.7 Å². The molecule has 2 aromatic heterocycles. The number of nitrogens with zero attached hydrogens (tertiary/aromatic N) is 4. The zero-order valence-corrected chi connectivity index (χ0v) is 16.9. The predicted molar refractivity (Wildman–Crippen MR) is 110 cm³/mol. The molecule has 3 heterocycles. The predicted octanol–water partition coefficient (Wildman–Crippen LogP) is 3.92. The van der Waals surface area contributed by atoms with Crippen molar-refractivity contribution in [2.45, 2.75) is 26.3 Å². The molecule has 1 saturated heterocycles. The van der Waals surface area contributed by atoms with Crippen molar-refractivity contribution in [1.29, 1.82) is 0 Å². The molecule has 2 aliphatic rings. The van der Waals surface area contributed by atoms with Crippen molar-refractivity contribution in [3.05, 3.63) is 47.5 Å². The molecular weight excluding hydrogens is 388 g/mol.